The van der Waals surface area contributed by atoms with Gasteiger partial charge in [-0.25, -0.2) is 9.78 Å². The highest BCUT2D eigenvalue weighted by molar-refractivity contribution is 7.13. The summed E-state index contributed by atoms with van der Waals surface area (Å²) in [6.07, 6.45) is 4.69. The van der Waals surface area contributed by atoms with Gasteiger partial charge >= 0.3 is 5.97 Å². The van der Waals surface area contributed by atoms with E-state index >= 15 is 0 Å². The molecule has 128 valence electrons. The molecule has 0 aliphatic carbocycles. The minimum absolute atomic E-state index is 0.0995. The molecule has 6 heteroatoms. The molecule has 1 amide bonds. The fourth-order valence-corrected chi connectivity index (χ4v) is 3.77. The van der Waals surface area contributed by atoms with Crippen LogP contribution in [-0.2, 0) is 14.9 Å². The fourth-order valence-electron chi connectivity index (χ4n) is 2.90. The van der Waals surface area contributed by atoms with Crippen LogP contribution in [0.1, 0.15) is 68.6 Å². The summed E-state index contributed by atoms with van der Waals surface area (Å²) in [6, 6.07) is 0.418. The van der Waals surface area contributed by atoms with E-state index in [4.69, 9.17) is 4.74 Å². The topological polar surface area (TPSA) is 59.5 Å². The Labute approximate surface area is 142 Å². The monoisotopic (exact) mass is 338 g/mol. The number of esters is 1. The maximum Gasteiger partial charge on any atom is 0.350 e. The molecule has 2 atom stereocenters. The number of likely N-dealkylation sites (tertiary alicyclic amines) is 1. The zero-order valence-electron chi connectivity index (χ0n) is 14.6. The van der Waals surface area contributed by atoms with Gasteiger partial charge in [-0.15, -0.1) is 11.3 Å². The van der Waals surface area contributed by atoms with Crippen LogP contribution in [0.4, 0.5) is 0 Å². The minimum atomic E-state index is -0.469. The van der Waals surface area contributed by atoms with Gasteiger partial charge in [-0.2, -0.15) is 0 Å². The molecule has 2 unspecified atom stereocenters. The average Bonchev–Trinajstić information content (AvgIpc) is 2.94. The highest BCUT2D eigenvalue weighted by atomic mass is 32.1. The van der Waals surface area contributed by atoms with Crippen LogP contribution in [0.2, 0.25) is 0 Å². The lowest BCUT2D eigenvalue weighted by Crippen LogP contribution is -2.49. The molecule has 0 aromatic carbocycles. The Hall–Kier alpha value is -1.43. The highest BCUT2D eigenvalue weighted by Crippen LogP contribution is 2.27. The van der Waals surface area contributed by atoms with Crippen LogP contribution >= 0.6 is 11.3 Å². The zero-order valence-corrected chi connectivity index (χ0v) is 15.4. The van der Waals surface area contributed by atoms with Crippen molar-refractivity contribution in [2.45, 2.75) is 71.4 Å². The maximum absolute atomic E-state index is 12.4. The largest absolute Gasteiger partial charge is 0.451 e. The van der Waals surface area contributed by atoms with Gasteiger partial charge in [0.2, 0.25) is 0 Å². The molecule has 2 heterocycles. The van der Waals surface area contributed by atoms with Crippen molar-refractivity contribution in [3.05, 3.63) is 16.1 Å². The number of carbonyl (C=O) groups is 2. The Kier molecular flexibility index (Phi) is 5.45. The number of rotatable bonds is 3. The Balaban J connectivity index is 1.93. The van der Waals surface area contributed by atoms with E-state index in [1.165, 1.54) is 17.5 Å². The van der Waals surface area contributed by atoms with Crippen molar-refractivity contribution in [1.29, 1.82) is 0 Å². The van der Waals surface area contributed by atoms with Crippen molar-refractivity contribution in [3.63, 3.8) is 0 Å². The number of thiazole rings is 1. The summed E-state index contributed by atoms with van der Waals surface area (Å²) in [6.45, 7) is 10.0. The molecule has 0 N–H and O–H groups in total. The molecule has 0 radical (unpaired) electrons. The van der Waals surface area contributed by atoms with Gasteiger partial charge in [-0.3, -0.25) is 4.79 Å². The molecule has 0 spiro atoms. The van der Waals surface area contributed by atoms with Crippen LogP contribution < -0.4 is 0 Å². The third-order valence-electron chi connectivity index (χ3n) is 4.16. The summed E-state index contributed by atoms with van der Waals surface area (Å²) < 4.78 is 5.21. The average molecular weight is 338 g/mol. The summed E-state index contributed by atoms with van der Waals surface area (Å²) in [5.41, 5.74) is -0.0995. The smallest absolute Gasteiger partial charge is 0.350 e. The molecule has 0 bridgehead atoms. The van der Waals surface area contributed by atoms with E-state index < -0.39 is 5.97 Å². The lowest BCUT2D eigenvalue weighted by molar-refractivity contribution is -0.140. The molecule has 1 aromatic heterocycles. The van der Waals surface area contributed by atoms with Gasteiger partial charge in [0.1, 0.15) is 4.88 Å². The first-order chi connectivity index (χ1) is 10.7. The molecule has 2 rings (SSSR count). The third-order valence-corrected chi connectivity index (χ3v) is 5.56. The van der Waals surface area contributed by atoms with Crippen molar-refractivity contribution in [2.75, 3.05) is 6.61 Å². The summed E-state index contributed by atoms with van der Waals surface area (Å²) in [5.74, 6) is -0.581. The molecule has 1 aliphatic rings. The Morgan fingerprint density at radius 1 is 1.30 bits per heavy atom. The molecule has 1 saturated heterocycles. The van der Waals surface area contributed by atoms with Crippen LogP contribution in [0.15, 0.2) is 6.20 Å². The maximum atomic E-state index is 12.4. The van der Waals surface area contributed by atoms with E-state index in [2.05, 4.69) is 4.98 Å². The predicted molar refractivity (Wildman–Crippen MR) is 90.7 cm³/mol. The second kappa shape index (κ2) is 6.99. The lowest BCUT2D eigenvalue weighted by Gasteiger charge is -2.38. The van der Waals surface area contributed by atoms with Crippen LogP contribution in [0, 0.1) is 0 Å². The first-order valence-electron chi connectivity index (χ1n) is 8.14. The number of piperidine rings is 1. The number of carbonyl (C=O) groups excluding carboxylic acids is 2. The van der Waals surface area contributed by atoms with Crippen LogP contribution in [0.25, 0.3) is 0 Å². The Morgan fingerprint density at radius 3 is 2.43 bits per heavy atom. The number of hydrogen-bond donors (Lipinski definition) is 0. The van der Waals surface area contributed by atoms with E-state index in [0.29, 0.717) is 4.88 Å². The van der Waals surface area contributed by atoms with Crippen molar-refractivity contribution < 1.29 is 14.3 Å². The normalized spacial score (nSPS) is 22.0. The fraction of sp³-hybridized carbons (Fsp3) is 0.706. The number of aromatic nitrogens is 1. The quantitative estimate of drug-likeness (QED) is 0.793. The van der Waals surface area contributed by atoms with Crippen LogP contribution in [-0.4, -0.2) is 40.5 Å². The predicted octanol–water partition coefficient (Wildman–Crippen LogP) is 3.39. The third kappa shape index (κ3) is 4.31. The van der Waals surface area contributed by atoms with Crippen molar-refractivity contribution in [2.24, 2.45) is 0 Å². The van der Waals surface area contributed by atoms with Gasteiger partial charge in [-0.05, 0) is 33.1 Å². The molecule has 1 fully saturated rings. The molecule has 5 nitrogen and oxygen atoms in total. The van der Waals surface area contributed by atoms with E-state index in [-0.39, 0.29) is 30.0 Å². The molecular weight excluding hydrogens is 312 g/mol. The van der Waals surface area contributed by atoms with Gasteiger partial charge in [0.15, 0.2) is 6.61 Å². The Morgan fingerprint density at radius 2 is 1.91 bits per heavy atom. The molecule has 23 heavy (non-hydrogen) atoms. The van der Waals surface area contributed by atoms with Crippen molar-refractivity contribution in [3.8, 4) is 0 Å². The number of ether oxygens (including phenoxy) is 1. The zero-order chi connectivity index (χ0) is 17.2. The summed E-state index contributed by atoms with van der Waals surface area (Å²) in [5, 5.41) is 0.883. The highest BCUT2D eigenvalue weighted by Gasteiger charge is 2.29. The standard InChI is InChI=1S/C17H26N2O3S/c1-11-7-6-8-12(2)19(11)14(20)10-22-15(21)13-9-18-16(23-13)17(3,4)5/h9,11-12H,6-8,10H2,1-5H3. The lowest BCUT2D eigenvalue weighted by atomic mass is 9.97. The van der Waals surface area contributed by atoms with E-state index in [0.717, 1.165) is 24.3 Å². The first kappa shape index (κ1) is 17.9. The summed E-state index contributed by atoms with van der Waals surface area (Å²) >= 11 is 1.33. The van der Waals surface area contributed by atoms with Crippen molar-refractivity contribution >= 4 is 23.2 Å². The van der Waals surface area contributed by atoms with Crippen molar-refractivity contribution in [1.82, 2.24) is 9.88 Å². The molecule has 0 saturated carbocycles. The van der Waals surface area contributed by atoms with E-state index in [1.807, 2.05) is 39.5 Å². The van der Waals surface area contributed by atoms with Gasteiger partial charge in [0.25, 0.3) is 5.91 Å². The second-order valence-corrected chi connectivity index (χ2v) is 8.32. The molecule has 1 aromatic rings. The first-order valence-corrected chi connectivity index (χ1v) is 8.96. The number of amides is 1. The van der Waals surface area contributed by atoms with Gasteiger partial charge < -0.3 is 9.64 Å². The molecule has 1 aliphatic heterocycles. The van der Waals surface area contributed by atoms with E-state index in [9.17, 15) is 9.59 Å². The molecular formula is C17H26N2O3S. The summed E-state index contributed by atoms with van der Waals surface area (Å²) in [7, 11) is 0. The van der Waals surface area contributed by atoms with Gasteiger partial charge in [0, 0.05) is 17.5 Å². The number of hydrogen-bond acceptors (Lipinski definition) is 5. The van der Waals surface area contributed by atoms with Crippen LogP contribution in [0.3, 0.4) is 0 Å². The van der Waals surface area contributed by atoms with E-state index in [1.54, 1.807) is 0 Å². The Bertz CT molecular complexity index is 567. The minimum Gasteiger partial charge on any atom is -0.451 e. The summed E-state index contributed by atoms with van der Waals surface area (Å²) in [4.78, 5) is 31.0. The van der Waals surface area contributed by atoms with Gasteiger partial charge in [-0.1, -0.05) is 20.8 Å². The van der Waals surface area contributed by atoms with Gasteiger partial charge in [0.05, 0.1) is 11.2 Å². The SMILES string of the molecule is CC1CCCC(C)N1C(=O)COC(=O)c1cnc(C(C)(C)C)s1. The van der Waals surface area contributed by atoms with Crippen LogP contribution in [0.5, 0.6) is 0 Å². The number of nitrogens with zero attached hydrogens (tertiary/aromatic N) is 2. The second-order valence-electron chi connectivity index (χ2n) is 7.29.